The molecular formula is C14H14N2O5. The number of nitrogen functional groups attached to an aromatic ring is 1. The van der Waals surface area contributed by atoms with E-state index in [9.17, 15) is 4.79 Å². The molecule has 1 amide bonds. The SMILES string of the molecule is COc1c2occc2c(OC)c2c(C)c(C(=O)NN)oc12. The van der Waals surface area contributed by atoms with E-state index in [1.807, 2.05) is 0 Å². The van der Waals surface area contributed by atoms with Gasteiger partial charge in [-0.1, -0.05) is 0 Å². The van der Waals surface area contributed by atoms with Crippen LogP contribution in [0.2, 0.25) is 0 Å². The molecule has 0 aliphatic heterocycles. The van der Waals surface area contributed by atoms with Crippen LogP contribution in [0.25, 0.3) is 21.9 Å². The summed E-state index contributed by atoms with van der Waals surface area (Å²) in [6.45, 7) is 1.75. The van der Waals surface area contributed by atoms with Gasteiger partial charge in [-0.3, -0.25) is 10.2 Å². The predicted octanol–water partition coefficient (Wildman–Crippen LogP) is 2.11. The van der Waals surface area contributed by atoms with Crippen molar-refractivity contribution in [3.63, 3.8) is 0 Å². The van der Waals surface area contributed by atoms with Crippen LogP contribution in [-0.2, 0) is 0 Å². The van der Waals surface area contributed by atoms with Crippen molar-refractivity contribution in [2.75, 3.05) is 14.2 Å². The van der Waals surface area contributed by atoms with E-state index in [-0.39, 0.29) is 5.76 Å². The first kappa shape index (κ1) is 13.3. The lowest BCUT2D eigenvalue weighted by molar-refractivity contribution is 0.0927. The third kappa shape index (κ3) is 1.67. The molecular weight excluding hydrogens is 276 g/mol. The molecule has 0 saturated heterocycles. The number of aryl methyl sites for hydroxylation is 1. The number of benzene rings is 1. The molecule has 0 unspecified atom stereocenters. The van der Waals surface area contributed by atoms with Gasteiger partial charge in [0.15, 0.2) is 16.9 Å². The summed E-state index contributed by atoms with van der Waals surface area (Å²) in [5, 5.41) is 1.40. The summed E-state index contributed by atoms with van der Waals surface area (Å²) in [5.41, 5.74) is 3.55. The van der Waals surface area contributed by atoms with Crippen molar-refractivity contribution in [1.29, 1.82) is 0 Å². The van der Waals surface area contributed by atoms with Gasteiger partial charge >= 0.3 is 5.91 Å². The van der Waals surface area contributed by atoms with Gasteiger partial charge in [-0.25, -0.2) is 5.84 Å². The van der Waals surface area contributed by atoms with Gasteiger partial charge in [-0.15, -0.1) is 0 Å². The zero-order valence-corrected chi connectivity index (χ0v) is 11.8. The zero-order chi connectivity index (χ0) is 15.1. The molecule has 7 nitrogen and oxygen atoms in total. The Bertz CT molecular complexity index is 846. The van der Waals surface area contributed by atoms with E-state index < -0.39 is 5.91 Å². The fraction of sp³-hybridized carbons (Fsp3) is 0.214. The lowest BCUT2D eigenvalue weighted by Crippen LogP contribution is -2.30. The third-order valence-electron chi connectivity index (χ3n) is 3.44. The highest BCUT2D eigenvalue weighted by atomic mass is 16.5. The summed E-state index contributed by atoms with van der Waals surface area (Å²) < 4.78 is 21.9. The van der Waals surface area contributed by atoms with Gasteiger partial charge in [-0.05, 0) is 13.0 Å². The summed E-state index contributed by atoms with van der Waals surface area (Å²) in [6.07, 6.45) is 1.54. The number of rotatable bonds is 3. The maximum Gasteiger partial charge on any atom is 0.301 e. The van der Waals surface area contributed by atoms with E-state index in [1.54, 1.807) is 20.1 Å². The van der Waals surface area contributed by atoms with E-state index >= 15 is 0 Å². The summed E-state index contributed by atoms with van der Waals surface area (Å²) in [5.74, 6) is 5.73. The van der Waals surface area contributed by atoms with Crippen LogP contribution >= 0.6 is 0 Å². The van der Waals surface area contributed by atoms with Gasteiger partial charge in [-0.2, -0.15) is 0 Å². The first-order valence-corrected chi connectivity index (χ1v) is 6.19. The largest absolute Gasteiger partial charge is 0.495 e. The van der Waals surface area contributed by atoms with Crippen molar-refractivity contribution in [3.8, 4) is 11.5 Å². The Morgan fingerprint density at radius 1 is 1.24 bits per heavy atom. The first-order valence-electron chi connectivity index (χ1n) is 6.19. The van der Waals surface area contributed by atoms with Gasteiger partial charge in [0.2, 0.25) is 5.75 Å². The Morgan fingerprint density at radius 3 is 2.57 bits per heavy atom. The number of furan rings is 2. The summed E-state index contributed by atoms with van der Waals surface area (Å²) in [4.78, 5) is 11.8. The maximum atomic E-state index is 11.8. The van der Waals surface area contributed by atoms with Crippen molar-refractivity contribution < 1.29 is 23.1 Å². The molecule has 3 rings (SSSR count). The van der Waals surface area contributed by atoms with Crippen LogP contribution in [0.3, 0.4) is 0 Å². The normalized spacial score (nSPS) is 11.0. The number of amides is 1. The number of carbonyl (C=O) groups excluding carboxylic acids is 1. The van der Waals surface area contributed by atoms with Gasteiger partial charge in [0.1, 0.15) is 5.75 Å². The van der Waals surface area contributed by atoms with Crippen molar-refractivity contribution >= 4 is 27.8 Å². The Labute approximate surface area is 119 Å². The minimum Gasteiger partial charge on any atom is -0.495 e. The van der Waals surface area contributed by atoms with Crippen molar-refractivity contribution in [1.82, 2.24) is 5.43 Å². The topological polar surface area (TPSA) is 99.9 Å². The van der Waals surface area contributed by atoms with E-state index in [1.165, 1.54) is 13.4 Å². The standard InChI is InChI=1S/C14H14N2O5/c1-6-8-10(18-2)7-4-5-20-11(7)13(19-3)12(8)21-9(6)14(17)16-15/h4-5H,15H2,1-3H3,(H,16,17). The lowest BCUT2D eigenvalue weighted by atomic mass is 10.1. The van der Waals surface area contributed by atoms with E-state index in [0.717, 1.165) is 5.39 Å². The molecule has 0 aliphatic carbocycles. The van der Waals surface area contributed by atoms with Crippen LogP contribution in [0.15, 0.2) is 21.2 Å². The van der Waals surface area contributed by atoms with Gasteiger partial charge in [0, 0.05) is 5.56 Å². The highest BCUT2D eigenvalue weighted by Crippen LogP contribution is 2.46. The number of methoxy groups -OCH3 is 2. The average Bonchev–Trinajstić information content (AvgIpc) is 3.10. The maximum absolute atomic E-state index is 11.8. The number of fused-ring (bicyclic) bond motifs is 2. The molecule has 7 heteroatoms. The van der Waals surface area contributed by atoms with Gasteiger partial charge in [0.05, 0.1) is 31.3 Å². The third-order valence-corrected chi connectivity index (χ3v) is 3.44. The van der Waals surface area contributed by atoms with E-state index in [2.05, 4.69) is 5.43 Å². The molecule has 0 saturated carbocycles. The van der Waals surface area contributed by atoms with Crippen molar-refractivity contribution in [3.05, 3.63) is 23.7 Å². The van der Waals surface area contributed by atoms with Gasteiger partial charge in [0.25, 0.3) is 0 Å². The Morgan fingerprint density at radius 2 is 1.95 bits per heavy atom. The summed E-state index contributed by atoms with van der Waals surface area (Å²) in [6, 6.07) is 1.77. The fourth-order valence-electron chi connectivity index (χ4n) is 2.53. The minimum absolute atomic E-state index is 0.108. The number of hydrazine groups is 1. The molecule has 0 bridgehead atoms. The van der Waals surface area contributed by atoms with Crippen LogP contribution in [0, 0.1) is 6.92 Å². The smallest absolute Gasteiger partial charge is 0.301 e. The predicted molar refractivity (Wildman–Crippen MR) is 75.5 cm³/mol. The summed E-state index contributed by atoms with van der Waals surface area (Å²) >= 11 is 0. The quantitative estimate of drug-likeness (QED) is 0.435. The molecule has 110 valence electrons. The Balaban J connectivity index is 2.52. The highest BCUT2D eigenvalue weighted by molar-refractivity contribution is 6.11. The van der Waals surface area contributed by atoms with Crippen LogP contribution in [-0.4, -0.2) is 20.1 Å². The van der Waals surface area contributed by atoms with Crippen LogP contribution in [0.4, 0.5) is 0 Å². The first-order chi connectivity index (χ1) is 10.1. The zero-order valence-electron chi connectivity index (χ0n) is 11.8. The fourth-order valence-corrected chi connectivity index (χ4v) is 2.53. The Kier molecular flexibility index (Phi) is 2.99. The molecule has 3 aromatic rings. The van der Waals surface area contributed by atoms with E-state index in [0.29, 0.717) is 33.6 Å². The lowest BCUT2D eigenvalue weighted by Gasteiger charge is -2.07. The molecule has 21 heavy (non-hydrogen) atoms. The summed E-state index contributed by atoms with van der Waals surface area (Å²) in [7, 11) is 3.05. The van der Waals surface area contributed by atoms with Crippen LogP contribution in [0.5, 0.6) is 11.5 Å². The molecule has 0 fully saturated rings. The number of ether oxygens (including phenoxy) is 2. The molecule has 3 N–H and O–H groups in total. The average molecular weight is 290 g/mol. The molecule has 0 atom stereocenters. The molecule has 2 aromatic heterocycles. The number of carbonyl (C=O) groups is 1. The highest BCUT2D eigenvalue weighted by Gasteiger charge is 2.26. The van der Waals surface area contributed by atoms with Gasteiger partial charge < -0.3 is 18.3 Å². The number of nitrogens with two attached hydrogens (primary N) is 1. The second-order valence-corrected chi connectivity index (χ2v) is 4.46. The molecule has 0 spiro atoms. The van der Waals surface area contributed by atoms with Crippen molar-refractivity contribution in [2.24, 2.45) is 5.84 Å². The van der Waals surface area contributed by atoms with Crippen LogP contribution < -0.4 is 20.7 Å². The second-order valence-electron chi connectivity index (χ2n) is 4.46. The molecule has 0 aliphatic rings. The van der Waals surface area contributed by atoms with Crippen molar-refractivity contribution in [2.45, 2.75) is 6.92 Å². The van der Waals surface area contributed by atoms with Crippen LogP contribution in [0.1, 0.15) is 16.1 Å². The monoisotopic (exact) mass is 290 g/mol. The minimum atomic E-state index is -0.524. The number of hydrogen-bond donors (Lipinski definition) is 2. The molecule has 1 aromatic carbocycles. The molecule has 2 heterocycles. The second kappa shape index (κ2) is 4.71. The Hall–Kier alpha value is -2.67. The number of hydrogen-bond acceptors (Lipinski definition) is 6. The molecule has 0 radical (unpaired) electrons. The number of nitrogens with one attached hydrogen (secondary N) is 1. The van der Waals surface area contributed by atoms with E-state index in [4.69, 9.17) is 24.2 Å².